The molecule has 5 rings (SSSR count). The molecule has 2 aliphatic heterocycles. The first-order valence-electron chi connectivity index (χ1n) is 8.61. The van der Waals surface area contributed by atoms with Crippen molar-refractivity contribution in [1.29, 1.82) is 0 Å². The van der Waals surface area contributed by atoms with Crippen molar-refractivity contribution < 1.29 is 0 Å². The van der Waals surface area contributed by atoms with Crippen LogP contribution >= 0.6 is 11.9 Å². The highest BCUT2D eigenvalue weighted by molar-refractivity contribution is 8.00. The van der Waals surface area contributed by atoms with Crippen LogP contribution in [0.4, 0.5) is 11.4 Å². The van der Waals surface area contributed by atoms with E-state index in [1.165, 1.54) is 46.4 Å². The normalized spacial score (nSPS) is 16.4. The minimum atomic E-state index is 1.08. The molecule has 1 saturated heterocycles. The molecule has 1 fully saturated rings. The molecule has 0 radical (unpaired) electrons. The Morgan fingerprint density at radius 2 is 1.83 bits per heavy atom. The predicted molar refractivity (Wildman–Crippen MR) is 103 cm³/mol. The average Bonchev–Trinajstić information content (AvgIpc) is 2.67. The monoisotopic (exact) mass is 333 g/mol. The number of fused-ring (bicyclic) bond motifs is 5. The van der Waals surface area contributed by atoms with Gasteiger partial charge in [-0.1, -0.05) is 18.2 Å². The summed E-state index contributed by atoms with van der Waals surface area (Å²) >= 11 is 1.68. The second-order valence-electron chi connectivity index (χ2n) is 6.47. The van der Waals surface area contributed by atoms with E-state index in [0.717, 1.165) is 24.3 Å². The molecule has 2 aliphatic rings. The van der Waals surface area contributed by atoms with Gasteiger partial charge in [0.25, 0.3) is 0 Å². The summed E-state index contributed by atoms with van der Waals surface area (Å²) in [6.07, 6.45) is 5.81. The Hall–Kier alpha value is -2.20. The number of pyridine rings is 1. The van der Waals surface area contributed by atoms with E-state index in [1.807, 2.05) is 12.3 Å². The number of anilines is 2. The van der Waals surface area contributed by atoms with Crippen molar-refractivity contribution in [2.45, 2.75) is 24.2 Å². The van der Waals surface area contributed by atoms with Gasteiger partial charge in [0.2, 0.25) is 0 Å². The summed E-state index contributed by atoms with van der Waals surface area (Å²) in [4.78, 5) is 8.54. The fraction of sp³-hybridized carbons (Fsp3) is 0.250. The van der Waals surface area contributed by atoms with E-state index in [1.54, 1.807) is 11.9 Å². The first kappa shape index (κ1) is 14.2. The van der Waals surface area contributed by atoms with Gasteiger partial charge in [-0.25, -0.2) is 0 Å². The van der Waals surface area contributed by atoms with Gasteiger partial charge in [-0.05, 0) is 61.0 Å². The highest BCUT2D eigenvalue weighted by Gasteiger charge is 2.23. The molecule has 0 bridgehead atoms. The second kappa shape index (κ2) is 5.71. The van der Waals surface area contributed by atoms with Crippen molar-refractivity contribution in [3.05, 3.63) is 48.7 Å². The van der Waals surface area contributed by atoms with Crippen LogP contribution in [-0.4, -0.2) is 18.1 Å². The number of benzene rings is 2. The van der Waals surface area contributed by atoms with Gasteiger partial charge in [0.15, 0.2) is 0 Å². The topological polar surface area (TPSA) is 28.2 Å². The predicted octanol–water partition coefficient (Wildman–Crippen LogP) is 5.32. The Balaban J connectivity index is 1.79. The molecule has 24 heavy (non-hydrogen) atoms. The lowest BCUT2D eigenvalue weighted by Crippen LogP contribution is -2.29. The van der Waals surface area contributed by atoms with E-state index < -0.39 is 0 Å². The number of nitrogens with zero attached hydrogens (tertiary/aromatic N) is 2. The first-order valence-corrected chi connectivity index (χ1v) is 9.42. The first-order chi connectivity index (χ1) is 11.9. The summed E-state index contributed by atoms with van der Waals surface area (Å²) in [6, 6.07) is 15.2. The SMILES string of the molecule is c1ccc2c(c1)SNc1c-2cc(N2CCCCC2)c2cccnc12. The molecule has 4 heteroatoms. The molecule has 0 saturated carbocycles. The smallest absolute Gasteiger partial charge is 0.0968 e. The average molecular weight is 333 g/mol. The van der Waals surface area contributed by atoms with Crippen molar-refractivity contribution in [3.8, 4) is 11.1 Å². The molecular formula is C20H19N3S. The molecule has 120 valence electrons. The minimum Gasteiger partial charge on any atom is -0.371 e. The Kier molecular flexibility index (Phi) is 3.37. The lowest BCUT2D eigenvalue weighted by atomic mass is 9.98. The number of piperidine rings is 1. The van der Waals surface area contributed by atoms with E-state index in [0.29, 0.717) is 0 Å². The third-order valence-electron chi connectivity index (χ3n) is 5.01. The summed E-state index contributed by atoms with van der Waals surface area (Å²) < 4.78 is 3.53. The lowest BCUT2D eigenvalue weighted by Gasteiger charge is -2.32. The Morgan fingerprint density at radius 3 is 2.75 bits per heavy atom. The van der Waals surface area contributed by atoms with E-state index in [9.17, 15) is 0 Å². The fourth-order valence-corrected chi connectivity index (χ4v) is 4.67. The van der Waals surface area contributed by atoms with Crippen molar-refractivity contribution in [1.82, 2.24) is 4.98 Å². The van der Waals surface area contributed by atoms with Crippen LogP contribution in [0.15, 0.2) is 53.6 Å². The number of rotatable bonds is 1. The third kappa shape index (κ3) is 2.17. The van der Waals surface area contributed by atoms with Gasteiger partial charge in [0.1, 0.15) is 0 Å². The third-order valence-corrected chi connectivity index (χ3v) is 5.89. The van der Waals surface area contributed by atoms with Gasteiger partial charge < -0.3 is 9.62 Å². The molecule has 2 aromatic carbocycles. The molecule has 3 aromatic rings. The maximum atomic E-state index is 4.72. The summed E-state index contributed by atoms with van der Waals surface area (Å²) in [5.41, 5.74) is 6.14. The molecule has 3 heterocycles. The molecule has 1 N–H and O–H groups in total. The summed E-state index contributed by atoms with van der Waals surface area (Å²) in [5, 5.41) is 1.26. The Morgan fingerprint density at radius 1 is 0.958 bits per heavy atom. The molecule has 0 unspecified atom stereocenters. The van der Waals surface area contributed by atoms with Crippen molar-refractivity contribution >= 4 is 34.2 Å². The van der Waals surface area contributed by atoms with Gasteiger partial charge in [-0.2, -0.15) is 0 Å². The molecular weight excluding hydrogens is 314 g/mol. The van der Waals surface area contributed by atoms with Crippen LogP contribution in [0.5, 0.6) is 0 Å². The van der Waals surface area contributed by atoms with Crippen LogP contribution in [0.25, 0.3) is 22.0 Å². The van der Waals surface area contributed by atoms with Gasteiger partial charge in [0.05, 0.1) is 11.2 Å². The van der Waals surface area contributed by atoms with E-state index in [2.05, 4.69) is 46.0 Å². The summed E-state index contributed by atoms with van der Waals surface area (Å²) in [5.74, 6) is 0. The zero-order chi connectivity index (χ0) is 15.9. The van der Waals surface area contributed by atoms with Crippen LogP contribution in [0, 0.1) is 0 Å². The Labute approximate surface area is 146 Å². The van der Waals surface area contributed by atoms with Crippen molar-refractivity contribution in [3.63, 3.8) is 0 Å². The maximum Gasteiger partial charge on any atom is 0.0968 e. The Bertz CT molecular complexity index is 916. The highest BCUT2D eigenvalue weighted by atomic mass is 32.2. The highest BCUT2D eigenvalue weighted by Crippen LogP contribution is 2.47. The van der Waals surface area contributed by atoms with Gasteiger partial charge in [-0.3, -0.25) is 4.98 Å². The molecule has 0 aliphatic carbocycles. The zero-order valence-corrected chi connectivity index (χ0v) is 14.3. The van der Waals surface area contributed by atoms with Crippen molar-refractivity contribution in [2.75, 3.05) is 22.7 Å². The van der Waals surface area contributed by atoms with E-state index >= 15 is 0 Å². The number of nitrogens with one attached hydrogen (secondary N) is 1. The molecule has 0 atom stereocenters. The van der Waals surface area contributed by atoms with Crippen LogP contribution < -0.4 is 9.62 Å². The van der Waals surface area contributed by atoms with Crippen molar-refractivity contribution in [2.24, 2.45) is 0 Å². The number of hydrogen-bond donors (Lipinski definition) is 1. The van der Waals surface area contributed by atoms with Crippen LogP contribution in [0.3, 0.4) is 0 Å². The van der Waals surface area contributed by atoms with Gasteiger partial charge in [-0.15, -0.1) is 0 Å². The van der Waals surface area contributed by atoms with Gasteiger partial charge in [0, 0.05) is 40.8 Å². The standard InChI is InChI=1S/C20H19N3S/c1-4-11-23(12-5-1)17-13-16-14-7-2-3-9-18(14)24-22-20(16)19-15(17)8-6-10-21-19/h2-3,6-10,13,22H,1,4-5,11-12H2. The second-order valence-corrected chi connectivity index (χ2v) is 7.31. The fourth-order valence-electron chi connectivity index (χ4n) is 3.82. The molecule has 0 amide bonds. The zero-order valence-electron chi connectivity index (χ0n) is 13.5. The van der Waals surface area contributed by atoms with Crippen LogP contribution in [0.2, 0.25) is 0 Å². The maximum absolute atomic E-state index is 4.72. The summed E-state index contributed by atoms with van der Waals surface area (Å²) in [6.45, 7) is 2.29. The molecule has 0 spiro atoms. The number of aromatic nitrogens is 1. The largest absolute Gasteiger partial charge is 0.371 e. The van der Waals surface area contributed by atoms with Crippen LogP contribution in [0.1, 0.15) is 19.3 Å². The molecule has 1 aromatic heterocycles. The van der Waals surface area contributed by atoms with E-state index in [4.69, 9.17) is 4.98 Å². The van der Waals surface area contributed by atoms with Gasteiger partial charge >= 0.3 is 0 Å². The molecule has 3 nitrogen and oxygen atoms in total. The lowest BCUT2D eigenvalue weighted by molar-refractivity contribution is 0.579. The minimum absolute atomic E-state index is 1.08. The number of hydrogen-bond acceptors (Lipinski definition) is 4. The van der Waals surface area contributed by atoms with E-state index in [-0.39, 0.29) is 0 Å². The summed E-state index contributed by atoms with van der Waals surface area (Å²) in [7, 11) is 0. The quantitative estimate of drug-likeness (QED) is 0.610. The van der Waals surface area contributed by atoms with Crippen LogP contribution in [-0.2, 0) is 0 Å².